The van der Waals surface area contributed by atoms with E-state index in [0.29, 0.717) is 11.0 Å². The van der Waals surface area contributed by atoms with E-state index in [1.54, 1.807) is 0 Å². The maximum atomic E-state index is 12.2. The first kappa shape index (κ1) is 20.1. The zero-order valence-electron chi connectivity index (χ0n) is 14.0. The third kappa shape index (κ3) is 4.43. The fourth-order valence-electron chi connectivity index (χ4n) is 2.26. The zero-order chi connectivity index (χ0) is 20.3. The van der Waals surface area contributed by atoms with E-state index in [1.807, 2.05) is 24.3 Å². The highest BCUT2D eigenvalue weighted by molar-refractivity contribution is 9.10. The van der Waals surface area contributed by atoms with Crippen molar-refractivity contribution in [3.63, 3.8) is 0 Å². The van der Waals surface area contributed by atoms with Gasteiger partial charge in [-0.2, -0.15) is 0 Å². The first-order valence-electron chi connectivity index (χ1n) is 7.69. The normalized spacial score (nSPS) is 10.6. The number of hydrogen-bond acceptors (Lipinski definition) is 7. The number of nitrogens with two attached hydrogens (primary N) is 1. The second-order valence-electron chi connectivity index (χ2n) is 5.42. The van der Waals surface area contributed by atoms with Gasteiger partial charge in [0.25, 0.3) is 5.69 Å². The summed E-state index contributed by atoms with van der Waals surface area (Å²) in [5.74, 6) is 6.09. The van der Waals surface area contributed by atoms with Gasteiger partial charge < -0.3 is 11.2 Å². The van der Waals surface area contributed by atoms with Crippen molar-refractivity contribution in [2.45, 2.75) is 5.16 Å². The topological polar surface area (TPSA) is 129 Å². The summed E-state index contributed by atoms with van der Waals surface area (Å²) < 4.78 is 2.11. The van der Waals surface area contributed by atoms with E-state index in [-0.39, 0.29) is 28.1 Å². The minimum atomic E-state index is -0.618. The van der Waals surface area contributed by atoms with Gasteiger partial charge in [-0.15, -0.1) is 10.2 Å². The molecule has 3 rings (SSSR count). The average Bonchev–Trinajstić information content (AvgIpc) is 3.02. The highest BCUT2D eigenvalue weighted by Crippen LogP contribution is 2.29. The highest BCUT2D eigenvalue weighted by atomic mass is 79.9. The maximum Gasteiger partial charge on any atom is 0.289 e. The molecule has 0 fully saturated rings. The summed E-state index contributed by atoms with van der Waals surface area (Å²) in [6.45, 7) is 0. The minimum absolute atomic E-state index is 0.00629. The lowest BCUT2D eigenvalue weighted by Gasteiger charge is -2.06. The number of nitrogens with one attached hydrogen (secondary N) is 1. The maximum absolute atomic E-state index is 12.2. The number of aromatic nitrogens is 3. The number of nitrogens with zero attached hydrogens (tertiary/aromatic N) is 4. The molecule has 2 aromatic carbocycles. The molecule has 0 aliphatic rings. The van der Waals surface area contributed by atoms with Gasteiger partial charge in [-0.05, 0) is 24.3 Å². The van der Waals surface area contributed by atoms with Gasteiger partial charge in [0.15, 0.2) is 5.82 Å². The molecule has 0 spiro atoms. The number of thioether (sulfide) groups is 1. The molecular formula is C16H12BrClN6O3S. The number of amides is 1. The molecule has 0 radical (unpaired) electrons. The molecule has 12 heteroatoms. The summed E-state index contributed by atoms with van der Waals surface area (Å²) >= 11 is 10.3. The van der Waals surface area contributed by atoms with Gasteiger partial charge in [0.05, 0.1) is 10.7 Å². The number of nitro benzene ring substituents is 1. The van der Waals surface area contributed by atoms with Crippen LogP contribution in [-0.2, 0) is 4.79 Å². The fourth-order valence-corrected chi connectivity index (χ4v) is 3.56. The predicted octanol–water partition coefficient (Wildman–Crippen LogP) is 3.71. The van der Waals surface area contributed by atoms with Crippen LogP contribution < -0.4 is 11.2 Å². The summed E-state index contributed by atoms with van der Waals surface area (Å²) in [5.41, 5.74) is 0.749. The number of nitrogen functional groups attached to an aromatic ring is 1. The second-order valence-corrected chi connectivity index (χ2v) is 7.62. The van der Waals surface area contributed by atoms with Crippen molar-refractivity contribution >= 4 is 56.6 Å². The molecule has 28 heavy (non-hydrogen) atoms. The van der Waals surface area contributed by atoms with Crippen LogP contribution in [0.4, 0.5) is 11.4 Å². The van der Waals surface area contributed by atoms with Gasteiger partial charge in [-0.25, -0.2) is 4.68 Å². The van der Waals surface area contributed by atoms with Gasteiger partial charge in [0.2, 0.25) is 11.1 Å². The Bertz CT molecular complexity index is 1060. The predicted molar refractivity (Wildman–Crippen MR) is 111 cm³/mol. The van der Waals surface area contributed by atoms with E-state index in [4.69, 9.17) is 17.4 Å². The molecule has 1 heterocycles. The first-order valence-corrected chi connectivity index (χ1v) is 9.84. The van der Waals surface area contributed by atoms with Crippen LogP contribution in [0.15, 0.2) is 52.1 Å². The molecule has 0 saturated carbocycles. The van der Waals surface area contributed by atoms with Crippen LogP contribution in [0.25, 0.3) is 11.4 Å². The molecule has 3 aromatic rings. The van der Waals surface area contributed by atoms with Gasteiger partial charge in [0.1, 0.15) is 5.02 Å². The number of halogens is 2. The van der Waals surface area contributed by atoms with Crippen molar-refractivity contribution in [3.8, 4) is 11.4 Å². The summed E-state index contributed by atoms with van der Waals surface area (Å²) in [6, 6.07) is 11.4. The minimum Gasteiger partial charge on any atom is -0.335 e. The number of benzene rings is 2. The lowest BCUT2D eigenvalue weighted by atomic mass is 10.2. The fraction of sp³-hybridized carbons (Fsp3) is 0.0625. The summed E-state index contributed by atoms with van der Waals surface area (Å²) in [7, 11) is 0. The molecule has 0 aliphatic carbocycles. The van der Waals surface area contributed by atoms with E-state index >= 15 is 0 Å². The van der Waals surface area contributed by atoms with Crippen LogP contribution in [0.3, 0.4) is 0 Å². The molecule has 0 bridgehead atoms. The van der Waals surface area contributed by atoms with Crippen LogP contribution in [0.5, 0.6) is 0 Å². The Morgan fingerprint density at radius 3 is 2.79 bits per heavy atom. The summed E-state index contributed by atoms with van der Waals surface area (Å²) in [5, 5.41) is 21.9. The smallest absolute Gasteiger partial charge is 0.289 e. The second kappa shape index (κ2) is 8.59. The first-order chi connectivity index (χ1) is 13.4. The Hall–Kier alpha value is -2.63. The van der Waals surface area contributed by atoms with Crippen molar-refractivity contribution in [2.24, 2.45) is 0 Å². The molecule has 3 N–H and O–H groups in total. The van der Waals surface area contributed by atoms with Crippen LogP contribution in [0, 0.1) is 10.1 Å². The highest BCUT2D eigenvalue weighted by Gasteiger charge is 2.17. The molecule has 0 aliphatic heterocycles. The Morgan fingerprint density at radius 1 is 1.32 bits per heavy atom. The molecule has 9 nitrogen and oxygen atoms in total. The van der Waals surface area contributed by atoms with E-state index in [2.05, 4.69) is 31.4 Å². The van der Waals surface area contributed by atoms with Crippen molar-refractivity contribution in [1.82, 2.24) is 14.9 Å². The Morgan fingerprint density at radius 2 is 2.07 bits per heavy atom. The van der Waals surface area contributed by atoms with Crippen LogP contribution in [0.2, 0.25) is 5.02 Å². The van der Waals surface area contributed by atoms with E-state index in [1.165, 1.54) is 22.9 Å². The SMILES string of the molecule is Nn1c(SCC(=O)Nc2ccc(Cl)c([N+](=O)[O-])c2)nnc1-c1ccccc1Br. The number of rotatable bonds is 6. The molecule has 0 saturated heterocycles. The molecule has 1 aromatic heterocycles. The largest absolute Gasteiger partial charge is 0.335 e. The van der Waals surface area contributed by atoms with Crippen molar-refractivity contribution in [3.05, 3.63) is 62.1 Å². The third-order valence-corrected chi connectivity index (χ3v) is 5.49. The average molecular weight is 484 g/mol. The summed E-state index contributed by atoms with van der Waals surface area (Å²) in [4.78, 5) is 22.5. The van der Waals surface area contributed by atoms with Crippen LogP contribution >= 0.6 is 39.3 Å². The summed E-state index contributed by atoms with van der Waals surface area (Å²) in [6.07, 6.45) is 0. The molecular weight excluding hydrogens is 472 g/mol. The number of anilines is 1. The van der Waals surface area contributed by atoms with Gasteiger partial charge >= 0.3 is 0 Å². The number of hydrogen-bond donors (Lipinski definition) is 2. The van der Waals surface area contributed by atoms with E-state index in [9.17, 15) is 14.9 Å². The monoisotopic (exact) mass is 482 g/mol. The number of carbonyl (C=O) groups is 1. The lowest BCUT2D eigenvalue weighted by Crippen LogP contribution is -2.16. The van der Waals surface area contributed by atoms with Crippen molar-refractivity contribution in [2.75, 3.05) is 16.9 Å². The Labute approximate surface area is 176 Å². The molecule has 0 atom stereocenters. The van der Waals surface area contributed by atoms with Gasteiger partial charge in [0, 0.05) is 21.8 Å². The molecule has 1 amide bonds. The quantitative estimate of drug-likeness (QED) is 0.236. The Balaban J connectivity index is 1.67. The number of carbonyl (C=O) groups excluding carboxylic acids is 1. The van der Waals surface area contributed by atoms with E-state index < -0.39 is 4.92 Å². The van der Waals surface area contributed by atoms with Crippen LogP contribution in [0.1, 0.15) is 0 Å². The van der Waals surface area contributed by atoms with Crippen molar-refractivity contribution < 1.29 is 9.72 Å². The molecule has 0 unspecified atom stereocenters. The van der Waals surface area contributed by atoms with Gasteiger partial charge in [-0.3, -0.25) is 14.9 Å². The number of nitro groups is 1. The Kier molecular flexibility index (Phi) is 6.17. The standard InChI is InChI=1S/C16H12BrClN6O3S/c17-11-4-2-1-3-10(11)15-21-22-16(23(15)19)28-8-14(25)20-9-5-6-12(18)13(7-9)24(26)27/h1-7H,8,19H2,(H,20,25). The van der Waals surface area contributed by atoms with Crippen LogP contribution in [-0.4, -0.2) is 31.5 Å². The lowest BCUT2D eigenvalue weighted by molar-refractivity contribution is -0.384. The van der Waals surface area contributed by atoms with Gasteiger partial charge in [-0.1, -0.05) is 51.4 Å². The zero-order valence-corrected chi connectivity index (χ0v) is 17.2. The third-order valence-electron chi connectivity index (χ3n) is 3.54. The van der Waals surface area contributed by atoms with E-state index in [0.717, 1.165) is 21.8 Å². The molecule has 144 valence electrons. The van der Waals surface area contributed by atoms with Crippen molar-refractivity contribution in [1.29, 1.82) is 0 Å².